The minimum atomic E-state index is -0.594. The van der Waals surface area contributed by atoms with E-state index in [1.54, 1.807) is 13.2 Å². The second-order valence-corrected chi connectivity index (χ2v) is 3.90. The van der Waals surface area contributed by atoms with E-state index in [-0.39, 0.29) is 23.9 Å². The Balaban J connectivity index is 0.00000154. The maximum Gasteiger partial charge on any atom is 0.380 e. The fourth-order valence-electron chi connectivity index (χ4n) is 1.05. The molecule has 1 rings (SSSR count). The summed E-state index contributed by atoms with van der Waals surface area (Å²) in [7, 11) is 2.99. The third-order valence-electron chi connectivity index (χ3n) is 1.92. The van der Waals surface area contributed by atoms with Crippen molar-refractivity contribution >= 4 is 21.7 Å². The van der Waals surface area contributed by atoms with E-state index in [4.69, 9.17) is 18.6 Å². The van der Waals surface area contributed by atoms with E-state index < -0.39 is 5.63 Å². The third kappa shape index (κ3) is 5.48. The Morgan fingerprint density at radius 1 is 1.37 bits per heavy atom. The average Bonchev–Trinajstić information content (AvgIpc) is 2.43. The normalized spacial score (nSPS) is 9.32. The van der Waals surface area contributed by atoms with Crippen molar-refractivity contribution in [2.24, 2.45) is 0 Å². The van der Waals surface area contributed by atoms with Gasteiger partial charge >= 0.3 is 5.63 Å². The van der Waals surface area contributed by atoms with Crippen LogP contribution in [0.4, 0.5) is 0 Å². The van der Waals surface area contributed by atoms with Crippen LogP contribution in [0.15, 0.2) is 26.3 Å². The molecule has 1 aromatic heterocycles. The maximum absolute atomic E-state index is 11.6. The highest BCUT2D eigenvalue weighted by Crippen LogP contribution is 2.24. The van der Waals surface area contributed by atoms with Gasteiger partial charge in [-0.05, 0) is 15.9 Å². The van der Waals surface area contributed by atoms with Crippen molar-refractivity contribution in [1.82, 2.24) is 0 Å². The standard InChI is InChI=1S/C11H13BrO5.C2H6/c1-7(15-3)9-6-8(12)10(11(13)17-9)16-5-4-14-2;1-2/h6H,1,4-5H2,2-3H3;1-2H3. The van der Waals surface area contributed by atoms with Gasteiger partial charge in [-0.25, -0.2) is 4.79 Å². The van der Waals surface area contributed by atoms with Crippen molar-refractivity contribution in [2.45, 2.75) is 13.8 Å². The quantitative estimate of drug-likeness (QED) is 0.591. The summed E-state index contributed by atoms with van der Waals surface area (Å²) in [5.41, 5.74) is -0.594. The zero-order valence-corrected chi connectivity index (χ0v) is 13.2. The molecule has 0 aliphatic rings. The van der Waals surface area contributed by atoms with Crippen molar-refractivity contribution in [3.8, 4) is 5.75 Å². The molecule has 0 N–H and O–H groups in total. The van der Waals surface area contributed by atoms with Gasteiger partial charge < -0.3 is 18.6 Å². The molecule has 0 radical (unpaired) electrons. The zero-order chi connectivity index (χ0) is 14.8. The monoisotopic (exact) mass is 334 g/mol. The molecule has 0 aromatic carbocycles. The van der Waals surface area contributed by atoms with Crippen molar-refractivity contribution in [1.29, 1.82) is 0 Å². The Bertz CT molecular complexity index is 453. The summed E-state index contributed by atoms with van der Waals surface area (Å²) in [5, 5.41) is 0. The van der Waals surface area contributed by atoms with Crippen LogP contribution in [0.5, 0.6) is 5.75 Å². The molecule has 0 spiro atoms. The first-order valence-corrected chi connectivity index (χ1v) is 6.58. The Kier molecular flexibility index (Phi) is 8.99. The highest BCUT2D eigenvalue weighted by molar-refractivity contribution is 9.10. The van der Waals surface area contributed by atoms with E-state index in [1.807, 2.05) is 13.8 Å². The van der Waals surface area contributed by atoms with Gasteiger partial charge in [-0.1, -0.05) is 20.4 Å². The lowest BCUT2D eigenvalue weighted by Crippen LogP contribution is -2.12. The van der Waals surface area contributed by atoms with Crippen LogP contribution in [0.25, 0.3) is 5.76 Å². The van der Waals surface area contributed by atoms with E-state index in [1.165, 1.54) is 7.11 Å². The van der Waals surface area contributed by atoms with Crippen molar-refractivity contribution in [3.63, 3.8) is 0 Å². The smallest absolute Gasteiger partial charge is 0.380 e. The van der Waals surface area contributed by atoms with Gasteiger partial charge in [-0.15, -0.1) is 0 Å². The number of hydrogen-bond acceptors (Lipinski definition) is 5. The Labute approximate surface area is 121 Å². The lowest BCUT2D eigenvalue weighted by atomic mass is 10.3. The first kappa shape index (κ1) is 17.7. The van der Waals surface area contributed by atoms with Crippen molar-refractivity contribution in [3.05, 3.63) is 33.3 Å². The van der Waals surface area contributed by atoms with Crippen molar-refractivity contribution < 1.29 is 18.6 Å². The lowest BCUT2D eigenvalue weighted by Gasteiger charge is -2.08. The van der Waals surface area contributed by atoms with Gasteiger partial charge in [0.05, 0.1) is 18.2 Å². The van der Waals surface area contributed by atoms with E-state index in [0.717, 1.165) is 0 Å². The highest BCUT2D eigenvalue weighted by atomic mass is 79.9. The molecule has 0 saturated heterocycles. The number of methoxy groups -OCH3 is 2. The molecule has 0 aliphatic heterocycles. The van der Waals surface area contributed by atoms with Crippen LogP contribution in [0, 0.1) is 0 Å². The molecule has 19 heavy (non-hydrogen) atoms. The van der Waals surface area contributed by atoms with Gasteiger partial charge in [-0.3, -0.25) is 0 Å². The molecule has 1 aromatic rings. The minimum Gasteiger partial charge on any atom is -0.493 e. The summed E-state index contributed by atoms with van der Waals surface area (Å²) >= 11 is 3.23. The number of rotatable bonds is 6. The second kappa shape index (κ2) is 9.63. The second-order valence-electron chi connectivity index (χ2n) is 3.04. The van der Waals surface area contributed by atoms with Crippen LogP contribution in [-0.4, -0.2) is 27.4 Å². The van der Waals surface area contributed by atoms with E-state index >= 15 is 0 Å². The molecule has 0 aliphatic carbocycles. The summed E-state index contributed by atoms with van der Waals surface area (Å²) in [6.45, 7) is 8.25. The number of ether oxygens (including phenoxy) is 3. The van der Waals surface area contributed by atoms with Crippen LogP contribution in [0.3, 0.4) is 0 Å². The predicted octanol–water partition coefficient (Wildman–Crippen LogP) is 3.07. The van der Waals surface area contributed by atoms with Gasteiger partial charge in [0.1, 0.15) is 6.61 Å². The SMILES string of the molecule is C=C(OC)c1cc(Br)c(OCCOC)c(=O)o1.CC. The molecule has 0 atom stereocenters. The largest absolute Gasteiger partial charge is 0.493 e. The fraction of sp³-hybridized carbons (Fsp3) is 0.462. The van der Waals surface area contributed by atoms with Gasteiger partial charge in [0.25, 0.3) is 0 Å². The van der Waals surface area contributed by atoms with E-state index in [2.05, 4.69) is 22.5 Å². The van der Waals surface area contributed by atoms with Crippen LogP contribution in [0.1, 0.15) is 19.6 Å². The van der Waals surface area contributed by atoms with Crippen molar-refractivity contribution in [2.75, 3.05) is 27.4 Å². The Hall–Kier alpha value is -1.27. The van der Waals surface area contributed by atoms with Gasteiger partial charge in [0.2, 0.25) is 5.75 Å². The molecule has 1 heterocycles. The molecule has 0 unspecified atom stereocenters. The summed E-state index contributed by atoms with van der Waals surface area (Å²) < 4.78 is 20.4. The molecule has 6 heteroatoms. The minimum absolute atomic E-state index is 0.106. The van der Waals surface area contributed by atoms with Crippen LogP contribution in [0.2, 0.25) is 0 Å². The van der Waals surface area contributed by atoms with Crippen LogP contribution in [-0.2, 0) is 9.47 Å². The molecule has 5 nitrogen and oxygen atoms in total. The molecule has 0 bridgehead atoms. The van der Waals surface area contributed by atoms with Gasteiger partial charge in [-0.2, -0.15) is 0 Å². The zero-order valence-electron chi connectivity index (χ0n) is 11.6. The third-order valence-corrected chi connectivity index (χ3v) is 2.51. The number of hydrogen-bond donors (Lipinski definition) is 0. The molecule has 0 amide bonds. The molecular formula is C13H19BrO5. The first-order valence-electron chi connectivity index (χ1n) is 5.78. The van der Waals surface area contributed by atoms with Gasteiger partial charge in [0, 0.05) is 13.2 Å². The van der Waals surface area contributed by atoms with E-state index in [0.29, 0.717) is 11.1 Å². The molecular weight excluding hydrogens is 316 g/mol. The molecule has 0 saturated carbocycles. The first-order chi connectivity index (χ1) is 9.10. The Morgan fingerprint density at radius 3 is 2.47 bits per heavy atom. The highest BCUT2D eigenvalue weighted by Gasteiger charge is 2.13. The summed E-state index contributed by atoms with van der Waals surface area (Å²) in [4.78, 5) is 11.6. The molecule has 0 fully saturated rings. The van der Waals surface area contributed by atoms with Crippen LogP contribution >= 0.6 is 15.9 Å². The van der Waals surface area contributed by atoms with Crippen LogP contribution < -0.4 is 10.4 Å². The summed E-state index contributed by atoms with van der Waals surface area (Å²) in [6.07, 6.45) is 0. The summed E-state index contributed by atoms with van der Waals surface area (Å²) in [6, 6.07) is 1.56. The predicted molar refractivity (Wildman–Crippen MR) is 77.4 cm³/mol. The average molecular weight is 335 g/mol. The molecule has 108 valence electrons. The number of halogens is 1. The topological polar surface area (TPSA) is 57.9 Å². The fourth-order valence-corrected chi connectivity index (χ4v) is 1.53. The maximum atomic E-state index is 11.6. The van der Waals surface area contributed by atoms with E-state index in [9.17, 15) is 4.79 Å². The van der Waals surface area contributed by atoms with Gasteiger partial charge in [0.15, 0.2) is 11.5 Å². The lowest BCUT2D eigenvalue weighted by molar-refractivity contribution is 0.143. The Morgan fingerprint density at radius 2 is 2.00 bits per heavy atom. The summed E-state index contributed by atoms with van der Waals surface area (Å²) in [5.74, 6) is 0.629.